The third-order valence-corrected chi connectivity index (χ3v) is 8.61. The number of halogens is 1. The zero-order valence-electron chi connectivity index (χ0n) is 23.7. The predicted octanol–water partition coefficient (Wildman–Crippen LogP) is 3.94. The Morgan fingerprint density at radius 3 is 2.58 bits per heavy atom. The lowest BCUT2D eigenvalue weighted by molar-refractivity contribution is -0.141. The molecule has 0 unspecified atom stereocenters. The molecule has 1 spiro atoms. The third-order valence-electron chi connectivity index (χ3n) is 8.38. The van der Waals surface area contributed by atoms with E-state index in [0.717, 1.165) is 24.2 Å². The van der Waals surface area contributed by atoms with E-state index in [-0.39, 0.29) is 42.8 Å². The van der Waals surface area contributed by atoms with Gasteiger partial charge in [-0.25, -0.2) is 9.59 Å². The number of carbonyl (C=O) groups is 5. The molecule has 43 heavy (non-hydrogen) atoms. The highest BCUT2D eigenvalue weighted by Gasteiger charge is 2.47. The quantitative estimate of drug-likeness (QED) is 0.352. The van der Waals surface area contributed by atoms with Crippen LogP contribution in [0.15, 0.2) is 42.5 Å². The van der Waals surface area contributed by atoms with Crippen LogP contribution in [0.5, 0.6) is 0 Å². The Bertz CT molecular complexity index is 1430. The molecule has 0 radical (unpaired) electrons. The lowest BCUT2D eigenvalue weighted by atomic mass is 9.83. The van der Waals surface area contributed by atoms with E-state index in [4.69, 9.17) is 16.3 Å². The SMILES string of the molecule is CN(C(=O)O)c1ccc(C(=O)N[C@@H](CCNC(=O)C2CCC2)C(=O)N2CCC[C@@]3(C2)OC(=O)Nc2ccc(Cl)cc23)cc1. The highest BCUT2D eigenvalue weighted by molar-refractivity contribution is 6.30. The Balaban J connectivity index is 1.34. The van der Waals surface area contributed by atoms with Gasteiger partial charge in [0.15, 0.2) is 5.60 Å². The van der Waals surface area contributed by atoms with E-state index in [2.05, 4.69) is 16.0 Å². The summed E-state index contributed by atoms with van der Waals surface area (Å²) in [7, 11) is 1.39. The van der Waals surface area contributed by atoms with Crippen LogP contribution < -0.4 is 20.9 Å². The molecule has 0 bridgehead atoms. The van der Waals surface area contributed by atoms with E-state index >= 15 is 0 Å². The minimum atomic E-state index is -1.14. The molecule has 4 N–H and O–H groups in total. The maximum Gasteiger partial charge on any atom is 0.412 e. The fourth-order valence-corrected chi connectivity index (χ4v) is 5.88. The Morgan fingerprint density at radius 1 is 1.16 bits per heavy atom. The van der Waals surface area contributed by atoms with Gasteiger partial charge in [-0.05, 0) is 74.6 Å². The zero-order chi connectivity index (χ0) is 30.7. The fourth-order valence-electron chi connectivity index (χ4n) is 5.70. The summed E-state index contributed by atoms with van der Waals surface area (Å²) in [6.45, 7) is 0.646. The summed E-state index contributed by atoms with van der Waals surface area (Å²) >= 11 is 6.28. The molecule has 0 aromatic heterocycles. The average molecular weight is 612 g/mol. The Kier molecular flexibility index (Phi) is 8.77. The first-order chi connectivity index (χ1) is 20.6. The number of likely N-dealkylation sites (tertiary alicyclic amines) is 1. The predicted molar refractivity (Wildman–Crippen MR) is 158 cm³/mol. The van der Waals surface area contributed by atoms with Crippen LogP contribution in [0.1, 0.15) is 54.4 Å². The molecule has 228 valence electrons. The van der Waals surface area contributed by atoms with E-state index in [1.54, 1.807) is 23.1 Å². The molecule has 2 fully saturated rings. The highest BCUT2D eigenvalue weighted by atomic mass is 35.5. The number of rotatable bonds is 8. The normalized spacial score (nSPS) is 20.1. The van der Waals surface area contributed by atoms with Crippen LogP contribution >= 0.6 is 11.6 Å². The number of hydrogen-bond acceptors (Lipinski definition) is 6. The molecule has 3 aliphatic rings. The molecule has 2 atom stereocenters. The van der Waals surface area contributed by atoms with Gasteiger partial charge in [-0.15, -0.1) is 0 Å². The van der Waals surface area contributed by atoms with Crippen molar-refractivity contribution in [1.82, 2.24) is 15.5 Å². The number of nitrogens with zero attached hydrogens (tertiary/aromatic N) is 2. The van der Waals surface area contributed by atoms with Crippen molar-refractivity contribution in [1.29, 1.82) is 0 Å². The largest absolute Gasteiger partial charge is 0.465 e. The second-order valence-corrected chi connectivity index (χ2v) is 11.6. The third kappa shape index (κ3) is 6.53. The summed E-state index contributed by atoms with van der Waals surface area (Å²) in [6.07, 6.45) is 2.11. The maximum absolute atomic E-state index is 14.0. The maximum atomic E-state index is 14.0. The van der Waals surface area contributed by atoms with Crippen molar-refractivity contribution in [2.75, 3.05) is 36.9 Å². The van der Waals surface area contributed by atoms with Gasteiger partial charge in [0, 0.05) is 47.9 Å². The van der Waals surface area contributed by atoms with Crippen molar-refractivity contribution < 1.29 is 33.8 Å². The highest BCUT2D eigenvalue weighted by Crippen LogP contribution is 2.43. The number of carboxylic acid groups (broad SMARTS) is 1. The standard InChI is InChI=1S/C30H34ClN5O7/c1-35(29(41)42)21-9-6-19(7-10-21)26(38)33-24(12-14-32-25(37)18-4-2-5-18)27(39)36-15-3-13-30(17-36)22-16-20(31)8-11-23(22)34-28(40)43-30/h6-11,16,18,24H,2-5,12-15,17H2,1H3,(H,32,37)(H,33,38)(H,34,40)(H,41,42)/t24-,30-/m0/s1. The topological polar surface area (TPSA) is 157 Å². The zero-order valence-corrected chi connectivity index (χ0v) is 24.5. The Hall–Kier alpha value is -4.32. The summed E-state index contributed by atoms with van der Waals surface area (Å²) < 4.78 is 5.82. The summed E-state index contributed by atoms with van der Waals surface area (Å²) in [4.78, 5) is 66.0. The van der Waals surface area contributed by atoms with E-state index in [1.807, 2.05) is 0 Å². The molecule has 1 aliphatic carbocycles. The van der Waals surface area contributed by atoms with E-state index < -0.39 is 29.7 Å². The van der Waals surface area contributed by atoms with Crippen molar-refractivity contribution in [2.45, 2.75) is 50.2 Å². The lowest BCUT2D eigenvalue weighted by Crippen LogP contribution is -2.57. The molecule has 1 saturated heterocycles. The number of ether oxygens (including phenoxy) is 1. The van der Waals surface area contributed by atoms with Gasteiger partial charge >= 0.3 is 12.2 Å². The van der Waals surface area contributed by atoms with Gasteiger partial charge in [-0.3, -0.25) is 24.6 Å². The van der Waals surface area contributed by atoms with Crippen LogP contribution in [0.4, 0.5) is 21.0 Å². The van der Waals surface area contributed by atoms with Gasteiger partial charge in [0.05, 0.1) is 12.2 Å². The number of anilines is 2. The molecule has 12 nitrogen and oxygen atoms in total. The number of amides is 5. The van der Waals surface area contributed by atoms with Gasteiger partial charge in [-0.2, -0.15) is 0 Å². The van der Waals surface area contributed by atoms with Gasteiger partial charge in [0.1, 0.15) is 6.04 Å². The van der Waals surface area contributed by atoms with Crippen LogP contribution in [0.25, 0.3) is 0 Å². The van der Waals surface area contributed by atoms with Crippen LogP contribution in [-0.2, 0) is 19.9 Å². The molecule has 2 aromatic rings. The molecule has 2 aliphatic heterocycles. The number of piperidine rings is 1. The average Bonchev–Trinajstić information content (AvgIpc) is 2.95. The van der Waals surface area contributed by atoms with Crippen LogP contribution in [0, 0.1) is 5.92 Å². The molecule has 5 rings (SSSR count). The molecule has 13 heteroatoms. The fraction of sp³-hybridized carbons (Fsp3) is 0.433. The first-order valence-corrected chi connectivity index (χ1v) is 14.7. The van der Waals surface area contributed by atoms with Crippen LogP contribution in [-0.4, -0.2) is 72.6 Å². The molecular formula is C30H34ClN5O7. The van der Waals surface area contributed by atoms with Crippen molar-refractivity contribution in [3.63, 3.8) is 0 Å². The van der Waals surface area contributed by atoms with Crippen LogP contribution in [0.2, 0.25) is 5.02 Å². The molecular weight excluding hydrogens is 578 g/mol. The molecule has 5 amide bonds. The molecule has 1 saturated carbocycles. The monoisotopic (exact) mass is 611 g/mol. The number of nitrogens with one attached hydrogen (secondary N) is 3. The first kappa shape index (κ1) is 30.1. The van der Waals surface area contributed by atoms with Crippen molar-refractivity contribution in [2.24, 2.45) is 5.92 Å². The van der Waals surface area contributed by atoms with E-state index in [0.29, 0.717) is 41.3 Å². The number of hydrogen-bond donors (Lipinski definition) is 4. The van der Waals surface area contributed by atoms with Gasteiger partial charge in [-0.1, -0.05) is 18.0 Å². The lowest BCUT2D eigenvalue weighted by Gasteiger charge is -2.45. The van der Waals surface area contributed by atoms with Crippen molar-refractivity contribution >= 4 is 52.9 Å². The van der Waals surface area contributed by atoms with Gasteiger partial charge < -0.3 is 25.4 Å². The first-order valence-electron chi connectivity index (χ1n) is 14.3. The van der Waals surface area contributed by atoms with Gasteiger partial charge in [0.25, 0.3) is 5.91 Å². The summed E-state index contributed by atoms with van der Waals surface area (Å²) in [6, 6.07) is 10.1. The number of fused-ring (bicyclic) bond motifs is 2. The van der Waals surface area contributed by atoms with Crippen molar-refractivity contribution in [3.05, 3.63) is 58.6 Å². The summed E-state index contributed by atoms with van der Waals surface area (Å²) in [5, 5.41) is 18.1. The summed E-state index contributed by atoms with van der Waals surface area (Å²) in [5.74, 6) is -0.973. The molecule has 2 aromatic carbocycles. The second-order valence-electron chi connectivity index (χ2n) is 11.2. The van der Waals surface area contributed by atoms with E-state index in [1.165, 1.54) is 31.3 Å². The minimum Gasteiger partial charge on any atom is -0.465 e. The smallest absolute Gasteiger partial charge is 0.412 e. The Morgan fingerprint density at radius 2 is 1.91 bits per heavy atom. The van der Waals surface area contributed by atoms with Gasteiger partial charge in [0.2, 0.25) is 11.8 Å². The minimum absolute atomic E-state index is 0.0189. The summed E-state index contributed by atoms with van der Waals surface area (Å²) in [5.41, 5.74) is 0.762. The van der Waals surface area contributed by atoms with E-state index in [9.17, 15) is 29.1 Å². The number of carbonyl (C=O) groups excluding carboxylic acids is 4. The number of benzene rings is 2. The van der Waals surface area contributed by atoms with Crippen molar-refractivity contribution in [3.8, 4) is 0 Å². The molecule has 2 heterocycles. The van der Waals surface area contributed by atoms with Crippen LogP contribution in [0.3, 0.4) is 0 Å². The second kappa shape index (κ2) is 12.5. The Labute approximate surface area is 253 Å².